The number of guanidine groups is 1. The van der Waals surface area contributed by atoms with Crippen molar-refractivity contribution in [2.24, 2.45) is 4.99 Å². The van der Waals surface area contributed by atoms with Gasteiger partial charge in [0, 0.05) is 19.3 Å². The molecule has 25 heavy (non-hydrogen) atoms. The normalized spacial score (nSPS) is 11.5. The molecular weight excluding hydrogens is 330 g/mol. The van der Waals surface area contributed by atoms with Gasteiger partial charge >= 0.3 is 0 Å². The van der Waals surface area contributed by atoms with Crippen LogP contribution in [0, 0.1) is 0 Å². The molecule has 2 aromatic heterocycles. The first-order valence-electron chi connectivity index (χ1n) is 8.47. The fourth-order valence-electron chi connectivity index (χ4n) is 2.43. The van der Waals surface area contributed by atoms with Crippen molar-refractivity contribution in [2.75, 3.05) is 13.1 Å². The maximum Gasteiger partial charge on any atom is 0.191 e. The number of nitrogens with one attached hydrogen (secondary N) is 2. The largest absolute Gasteiger partial charge is 0.357 e. The Balaban J connectivity index is 1.52. The molecule has 5 nitrogen and oxygen atoms in total. The molecule has 0 bridgehead atoms. The summed E-state index contributed by atoms with van der Waals surface area (Å²) in [5.74, 6) is 0.851. The van der Waals surface area contributed by atoms with Gasteiger partial charge in [-0.25, -0.2) is 9.67 Å². The number of aromatic nitrogens is 2. The third-order valence-corrected chi connectivity index (χ3v) is 4.44. The summed E-state index contributed by atoms with van der Waals surface area (Å²) in [6, 6.07) is 12.3. The molecule has 0 amide bonds. The topological polar surface area (TPSA) is 54.2 Å². The number of benzene rings is 1. The van der Waals surface area contributed by atoms with Crippen LogP contribution in [0.3, 0.4) is 0 Å². The summed E-state index contributed by atoms with van der Waals surface area (Å²) in [6.45, 7) is 4.44. The molecule has 2 N–H and O–H groups in total. The zero-order valence-corrected chi connectivity index (χ0v) is 15.2. The smallest absolute Gasteiger partial charge is 0.191 e. The van der Waals surface area contributed by atoms with Gasteiger partial charge < -0.3 is 10.6 Å². The predicted octanol–water partition coefficient (Wildman–Crippen LogP) is 3.23. The van der Waals surface area contributed by atoms with Crippen LogP contribution in [-0.2, 0) is 13.0 Å². The van der Waals surface area contributed by atoms with Crippen molar-refractivity contribution in [3.63, 3.8) is 0 Å². The molecule has 0 radical (unpaired) electrons. The van der Waals surface area contributed by atoms with Crippen molar-refractivity contribution in [1.82, 2.24) is 20.4 Å². The summed E-state index contributed by atoms with van der Waals surface area (Å²) in [6.07, 6.45) is 4.90. The minimum Gasteiger partial charge on any atom is -0.357 e. The van der Waals surface area contributed by atoms with E-state index in [1.165, 1.54) is 11.1 Å². The summed E-state index contributed by atoms with van der Waals surface area (Å²) >= 11 is 1.70. The molecule has 0 aliphatic carbocycles. The number of para-hydroxylation sites is 1. The van der Waals surface area contributed by atoms with Crippen molar-refractivity contribution in [2.45, 2.75) is 19.9 Å². The lowest BCUT2D eigenvalue weighted by Crippen LogP contribution is -2.38. The Labute approximate surface area is 152 Å². The molecule has 0 aliphatic rings. The van der Waals surface area contributed by atoms with E-state index in [1.54, 1.807) is 11.3 Å². The van der Waals surface area contributed by atoms with E-state index >= 15 is 0 Å². The average Bonchev–Trinajstić information content (AvgIpc) is 3.32. The monoisotopic (exact) mass is 353 g/mol. The van der Waals surface area contributed by atoms with Crippen LogP contribution in [0.25, 0.3) is 5.69 Å². The summed E-state index contributed by atoms with van der Waals surface area (Å²) in [4.78, 5) is 4.62. The zero-order valence-electron chi connectivity index (χ0n) is 14.4. The molecule has 0 atom stereocenters. The number of nitrogens with zero attached hydrogens (tertiary/aromatic N) is 3. The molecule has 2 heterocycles. The standard InChI is InChI=1S/C19H23N5S/c1-2-20-19(22-12-17-9-11-25-15-17)21-10-8-16-13-23-24(14-16)18-6-4-3-5-7-18/h3-7,9,11,13-15H,2,8,10,12H2,1H3,(H2,20,21,22). The Morgan fingerprint density at radius 1 is 1.16 bits per heavy atom. The Morgan fingerprint density at radius 2 is 2.04 bits per heavy atom. The first-order valence-corrected chi connectivity index (χ1v) is 9.41. The number of hydrogen-bond donors (Lipinski definition) is 2. The number of hydrogen-bond acceptors (Lipinski definition) is 3. The van der Waals surface area contributed by atoms with Crippen molar-refractivity contribution in [3.05, 3.63) is 70.7 Å². The molecule has 3 rings (SSSR count). The zero-order chi connectivity index (χ0) is 17.3. The van der Waals surface area contributed by atoms with E-state index in [-0.39, 0.29) is 0 Å². The molecule has 130 valence electrons. The summed E-state index contributed by atoms with van der Waals surface area (Å²) < 4.78 is 1.91. The Kier molecular flexibility index (Phi) is 6.23. The molecule has 6 heteroatoms. The lowest BCUT2D eigenvalue weighted by Gasteiger charge is -2.10. The molecule has 0 aliphatic heterocycles. The molecule has 0 fully saturated rings. The van der Waals surface area contributed by atoms with E-state index in [0.29, 0.717) is 6.54 Å². The van der Waals surface area contributed by atoms with Crippen LogP contribution in [0.15, 0.2) is 64.5 Å². The minimum absolute atomic E-state index is 0.699. The van der Waals surface area contributed by atoms with Gasteiger partial charge in [-0.1, -0.05) is 18.2 Å². The highest BCUT2D eigenvalue weighted by molar-refractivity contribution is 7.07. The fourth-order valence-corrected chi connectivity index (χ4v) is 3.09. The predicted molar refractivity (Wildman–Crippen MR) is 104 cm³/mol. The first kappa shape index (κ1) is 17.2. The van der Waals surface area contributed by atoms with Crippen LogP contribution in [0.2, 0.25) is 0 Å². The van der Waals surface area contributed by atoms with Gasteiger partial charge in [0.15, 0.2) is 5.96 Å². The van der Waals surface area contributed by atoms with E-state index in [9.17, 15) is 0 Å². The van der Waals surface area contributed by atoms with Gasteiger partial charge in [-0.15, -0.1) is 0 Å². The highest BCUT2D eigenvalue weighted by atomic mass is 32.1. The van der Waals surface area contributed by atoms with E-state index < -0.39 is 0 Å². The van der Waals surface area contributed by atoms with Crippen LogP contribution in [0.5, 0.6) is 0 Å². The second kappa shape index (κ2) is 9.03. The van der Waals surface area contributed by atoms with Gasteiger partial charge in [-0.05, 0) is 53.4 Å². The quantitative estimate of drug-likeness (QED) is 0.506. The second-order valence-corrected chi connectivity index (χ2v) is 6.41. The van der Waals surface area contributed by atoms with Gasteiger partial charge in [0.2, 0.25) is 0 Å². The van der Waals surface area contributed by atoms with E-state index in [4.69, 9.17) is 0 Å². The molecule has 0 spiro atoms. The number of thiophene rings is 1. The van der Waals surface area contributed by atoms with Crippen molar-refractivity contribution >= 4 is 17.3 Å². The van der Waals surface area contributed by atoms with Gasteiger partial charge in [-0.2, -0.15) is 16.4 Å². The van der Waals surface area contributed by atoms with E-state index in [2.05, 4.69) is 62.8 Å². The van der Waals surface area contributed by atoms with Crippen LogP contribution >= 0.6 is 11.3 Å². The second-order valence-electron chi connectivity index (χ2n) is 5.63. The van der Waals surface area contributed by atoms with E-state index in [1.807, 2.05) is 29.1 Å². The number of rotatable bonds is 7. The Hall–Kier alpha value is -2.60. The molecule has 0 saturated heterocycles. The van der Waals surface area contributed by atoms with Gasteiger partial charge in [0.1, 0.15) is 0 Å². The fraction of sp³-hybridized carbons (Fsp3) is 0.263. The van der Waals surface area contributed by atoms with Crippen LogP contribution in [0.4, 0.5) is 0 Å². The lowest BCUT2D eigenvalue weighted by molar-refractivity contribution is 0.799. The third kappa shape index (κ3) is 5.19. The number of aliphatic imine (C=N–C) groups is 1. The van der Waals surface area contributed by atoms with Gasteiger partial charge in [0.25, 0.3) is 0 Å². The Bertz CT molecular complexity index is 777. The van der Waals surface area contributed by atoms with Gasteiger partial charge in [-0.3, -0.25) is 0 Å². The average molecular weight is 353 g/mol. The van der Waals surface area contributed by atoms with E-state index in [0.717, 1.165) is 31.2 Å². The molecule has 3 aromatic rings. The summed E-state index contributed by atoms with van der Waals surface area (Å²) in [5, 5.41) is 15.3. The van der Waals surface area contributed by atoms with Crippen molar-refractivity contribution in [3.8, 4) is 5.69 Å². The third-order valence-electron chi connectivity index (χ3n) is 3.71. The summed E-state index contributed by atoms with van der Waals surface area (Å²) in [7, 11) is 0. The molecule has 1 aromatic carbocycles. The maximum atomic E-state index is 4.62. The van der Waals surface area contributed by atoms with Crippen molar-refractivity contribution < 1.29 is 0 Å². The summed E-state index contributed by atoms with van der Waals surface area (Å²) in [5.41, 5.74) is 3.52. The Morgan fingerprint density at radius 3 is 2.80 bits per heavy atom. The highest BCUT2D eigenvalue weighted by Crippen LogP contribution is 2.08. The molecule has 0 saturated carbocycles. The van der Waals surface area contributed by atoms with Crippen LogP contribution in [-0.4, -0.2) is 28.8 Å². The molecule has 0 unspecified atom stereocenters. The maximum absolute atomic E-state index is 4.62. The van der Waals surface area contributed by atoms with Crippen molar-refractivity contribution in [1.29, 1.82) is 0 Å². The van der Waals surface area contributed by atoms with Gasteiger partial charge in [0.05, 0.1) is 18.4 Å². The lowest BCUT2D eigenvalue weighted by atomic mass is 10.2. The van der Waals surface area contributed by atoms with Crippen LogP contribution in [0.1, 0.15) is 18.1 Å². The first-order chi connectivity index (χ1) is 12.3. The van der Waals surface area contributed by atoms with Crippen LogP contribution < -0.4 is 10.6 Å². The molecular formula is C19H23N5S. The SMILES string of the molecule is CCNC(=NCc1ccsc1)NCCc1cnn(-c2ccccc2)c1. The highest BCUT2D eigenvalue weighted by Gasteiger charge is 2.02. The minimum atomic E-state index is 0.699.